The molecular weight excluding hydrogens is 461 g/mol. The minimum absolute atomic E-state index is 0.00511. The lowest BCUT2D eigenvalue weighted by Gasteiger charge is -2.27. The van der Waals surface area contributed by atoms with Crippen molar-refractivity contribution in [3.05, 3.63) is 45.9 Å². The van der Waals surface area contributed by atoms with Gasteiger partial charge in [-0.1, -0.05) is 0 Å². The van der Waals surface area contributed by atoms with Crippen molar-refractivity contribution in [1.29, 1.82) is 0 Å². The predicted molar refractivity (Wildman–Crippen MR) is 116 cm³/mol. The molecule has 1 saturated heterocycles. The molecule has 0 saturated carbocycles. The topological polar surface area (TPSA) is 96.6 Å². The lowest BCUT2D eigenvalue weighted by Crippen LogP contribution is -2.43. The van der Waals surface area contributed by atoms with Crippen LogP contribution in [0.4, 0.5) is 24.7 Å². The number of benzene rings is 1. The number of nitrogens with zero attached hydrogens (tertiary/aromatic N) is 4. The van der Waals surface area contributed by atoms with E-state index in [4.69, 9.17) is 22.1 Å². The minimum Gasteiger partial charge on any atom is -0.399 e. The van der Waals surface area contributed by atoms with Gasteiger partial charge in [0.2, 0.25) is 11.2 Å². The number of alkyl halides is 3. The third-order valence-corrected chi connectivity index (χ3v) is 5.90. The number of fused-ring (bicyclic) bond motifs is 1. The molecule has 3 heterocycles. The molecule has 1 amide bonds. The normalized spacial score (nSPS) is 17.7. The van der Waals surface area contributed by atoms with Crippen molar-refractivity contribution in [3.8, 4) is 0 Å². The number of ether oxygens (including phenoxy) is 1. The summed E-state index contributed by atoms with van der Waals surface area (Å²) in [5, 5.41) is 3.12. The van der Waals surface area contributed by atoms with Crippen LogP contribution in [0.1, 0.15) is 35.3 Å². The summed E-state index contributed by atoms with van der Waals surface area (Å²) < 4.78 is 44.9. The van der Waals surface area contributed by atoms with Crippen LogP contribution < -0.4 is 11.1 Å². The standard InChI is InChI=1S/C21H24ClF3N6O2/c1-12(13-6-14(21(23,24)25)8-15(26)7-13)27-19-16-9-31(10-17(16)28-20(22)29-19)18(32)11-30-2-4-33-5-3-30/h6-8,12H,2-5,9-11,26H2,1H3,(H,27,28,29)/t12-/m1/s1. The Kier molecular flexibility index (Phi) is 6.64. The molecule has 12 heteroatoms. The third-order valence-electron chi connectivity index (χ3n) is 5.73. The Labute approximate surface area is 193 Å². The summed E-state index contributed by atoms with van der Waals surface area (Å²) in [6.07, 6.45) is -4.51. The quantitative estimate of drug-likeness (QED) is 0.497. The van der Waals surface area contributed by atoms with E-state index in [-0.39, 0.29) is 30.0 Å². The SMILES string of the molecule is C[C@@H](Nc1nc(Cl)nc2c1CN(C(=O)CN1CCOCC1)C2)c1cc(N)cc(C(F)(F)F)c1. The number of hydrogen-bond acceptors (Lipinski definition) is 7. The number of nitrogen functional groups attached to an aromatic ring is 1. The molecule has 0 unspecified atom stereocenters. The first-order chi connectivity index (χ1) is 15.6. The maximum Gasteiger partial charge on any atom is 0.416 e. The number of nitrogens with two attached hydrogens (primary N) is 1. The monoisotopic (exact) mass is 484 g/mol. The summed E-state index contributed by atoms with van der Waals surface area (Å²) in [5.74, 6) is 0.339. The van der Waals surface area contributed by atoms with E-state index in [1.54, 1.807) is 11.8 Å². The first kappa shape index (κ1) is 23.5. The van der Waals surface area contributed by atoms with Gasteiger partial charge in [0.05, 0.1) is 50.1 Å². The minimum atomic E-state index is -4.51. The van der Waals surface area contributed by atoms with Crippen LogP contribution in [0, 0.1) is 0 Å². The van der Waals surface area contributed by atoms with Gasteiger partial charge in [-0.2, -0.15) is 13.2 Å². The molecule has 0 bridgehead atoms. The number of hydrogen-bond donors (Lipinski definition) is 2. The molecule has 1 aromatic heterocycles. The van der Waals surface area contributed by atoms with Gasteiger partial charge in [0, 0.05) is 24.3 Å². The molecule has 2 aliphatic rings. The van der Waals surface area contributed by atoms with Crippen molar-refractivity contribution >= 4 is 29.0 Å². The van der Waals surface area contributed by atoms with E-state index in [1.165, 1.54) is 6.07 Å². The van der Waals surface area contributed by atoms with Gasteiger partial charge in [-0.3, -0.25) is 9.69 Å². The maximum atomic E-state index is 13.2. The number of rotatable bonds is 5. The lowest BCUT2D eigenvalue weighted by molar-refractivity contribution is -0.137. The van der Waals surface area contributed by atoms with E-state index >= 15 is 0 Å². The highest BCUT2D eigenvalue weighted by Crippen LogP contribution is 2.35. The third kappa shape index (κ3) is 5.48. The number of amides is 1. The maximum absolute atomic E-state index is 13.2. The predicted octanol–water partition coefficient (Wildman–Crippen LogP) is 3.08. The van der Waals surface area contributed by atoms with E-state index in [9.17, 15) is 18.0 Å². The Morgan fingerprint density at radius 3 is 2.67 bits per heavy atom. The van der Waals surface area contributed by atoms with Gasteiger partial charge in [-0.05, 0) is 42.3 Å². The number of morpholine rings is 1. The summed E-state index contributed by atoms with van der Waals surface area (Å²) in [6, 6.07) is 2.87. The summed E-state index contributed by atoms with van der Waals surface area (Å²) in [5.41, 5.74) is 6.55. The molecule has 0 spiro atoms. The van der Waals surface area contributed by atoms with E-state index in [0.717, 1.165) is 12.1 Å². The molecule has 4 rings (SSSR count). The lowest BCUT2D eigenvalue weighted by atomic mass is 10.0. The summed E-state index contributed by atoms with van der Waals surface area (Å²) in [6.45, 7) is 5.15. The largest absolute Gasteiger partial charge is 0.416 e. The Morgan fingerprint density at radius 1 is 1.24 bits per heavy atom. The van der Waals surface area contributed by atoms with E-state index < -0.39 is 17.8 Å². The van der Waals surface area contributed by atoms with Crippen molar-refractivity contribution < 1.29 is 22.7 Å². The molecule has 1 aromatic carbocycles. The van der Waals surface area contributed by atoms with E-state index in [0.29, 0.717) is 55.5 Å². The number of carbonyl (C=O) groups excluding carboxylic acids is 1. The number of aromatic nitrogens is 2. The zero-order valence-electron chi connectivity index (χ0n) is 18.0. The van der Waals surface area contributed by atoms with Crippen LogP contribution in [0.15, 0.2) is 18.2 Å². The van der Waals surface area contributed by atoms with Crippen molar-refractivity contribution in [2.24, 2.45) is 0 Å². The van der Waals surface area contributed by atoms with Crippen LogP contribution in [0.3, 0.4) is 0 Å². The van der Waals surface area contributed by atoms with Gasteiger partial charge in [0.1, 0.15) is 5.82 Å². The Balaban J connectivity index is 1.51. The number of nitrogens with one attached hydrogen (secondary N) is 1. The zero-order valence-corrected chi connectivity index (χ0v) is 18.7. The number of halogens is 4. The molecule has 2 aliphatic heterocycles. The number of anilines is 2. The van der Waals surface area contributed by atoms with Gasteiger partial charge >= 0.3 is 6.18 Å². The second-order valence-corrected chi connectivity index (χ2v) is 8.50. The second-order valence-electron chi connectivity index (χ2n) is 8.16. The van der Waals surface area contributed by atoms with E-state index in [1.807, 2.05) is 4.90 Å². The zero-order chi connectivity index (χ0) is 23.8. The van der Waals surface area contributed by atoms with Crippen LogP contribution in [0.5, 0.6) is 0 Å². The molecule has 178 valence electrons. The molecular formula is C21H24ClF3N6O2. The summed E-state index contributed by atoms with van der Waals surface area (Å²) in [7, 11) is 0. The molecule has 0 aliphatic carbocycles. The highest BCUT2D eigenvalue weighted by molar-refractivity contribution is 6.28. The van der Waals surface area contributed by atoms with Crippen LogP contribution in [-0.2, 0) is 28.8 Å². The fraction of sp³-hybridized carbons (Fsp3) is 0.476. The smallest absolute Gasteiger partial charge is 0.399 e. The average Bonchev–Trinajstić information content (AvgIpc) is 3.18. The highest BCUT2D eigenvalue weighted by atomic mass is 35.5. The van der Waals surface area contributed by atoms with Crippen molar-refractivity contribution in [3.63, 3.8) is 0 Å². The molecule has 3 N–H and O–H groups in total. The molecule has 33 heavy (non-hydrogen) atoms. The van der Waals surface area contributed by atoms with Gasteiger partial charge in [0.15, 0.2) is 0 Å². The fourth-order valence-corrected chi connectivity index (χ4v) is 4.14. The average molecular weight is 485 g/mol. The van der Waals surface area contributed by atoms with Crippen molar-refractivity contribution in [2.45, 2.75) is 32.2 Å². The van der Waals surface area contributed by atoms with Gasteiger partial charge in [-0.25, -0.2) is 9.97 Å². The first-order valence-electron chi connectivity index (χ1n) is 10.5. The van der Waals surface area contributed by atoms with Crippen molar-refractivity contribution in [2.75, 3.05) is 43.9 Å². The Bertz CT molecular complexity index is 1050. The van der Waals surface area contributed by atoms with Crippen LogP contribution >= 0.6 is 11.6 Å². The summed E-state index contributed by atoms with van der Waals surface area (Å²) in [4.78, 5) is 25.0. The molecule has 2 aromatic rings. The van der Waals surface area contributed by atoms with Crippen LogP contribution in [-0.4, -0.2) is 58.5 Å². The first-order valence-corrected chi connectivity index (χ1v) is 10.9. The molecule has 1 fully saturated rings. The summed E-state index contributed by atoms with van der Waals surface area (Å²) >= 11 is 6.09. The fourth-order valence-electron chi connectivity index (χ4n) is 3.95. The van der Waals surface area contributed by atoms with Gasteiger partial charge in [-0.15, -0.1) is 0 Å². The molecule has 0 radical (unpaired) electrons. The van der Waals surface area contributed by atoms with Gasteiger partial charge < -0.3 is 20.7 Å². The molecule has 8 nitrogen and oxygen atoms in total. The number of carbonyl (C=O) groups is 1. The Hall–Kier alpha value is -2.63. The van der Waals surface area contributed by atoms with Crippen LogP contribution in [0.25, 0.3) is 0 Å². The molecule has 1 atom stereocenters. The highest BCUT2D eigenvalue weighted by Gasteiger charge is 2.32. The van der Waals surface area contributed by atoms with Gasteiger partial charge in [0.25, 0.3) is 0 Å². The second kappa shape index (κ2) is 9.32. The van der Waals surface area contributed by atoms with Crippen molar-refractivity contribution in [1.82, 2.24) is 19.8 Å². The Morgan fingerprint density at radius 2 is 1.97 bits per heavy atom. The van der Waals surface area contributed by atoms with E-state index in [2.05, 4.69) is 15.3 Å². The van der Waals surface area contributed by atoms with Crippen LogP contribution in [0.2, 0.25) is 5.28 Å².